The Morgan fingerprint density at radius 3 is 2.79 bits per heavy atom. The van der Waals surface area contributed by atoms with Gasteiger partial charge in [0, 0.05) is 25.7 Å². The minimum absolute atomic E-state index is 0.528. The van der Waals surface area contributed by atoms with Crippen LogP contribution in [0, 0.1) is 0 Å². The second-order valence-electron chi connectivity index (χ2n) is 3.42. The summed E-state index contributed by atoms with van der Waals surface area (Å²) in [4.78, 5) is 6.59. The van der Waals surface area contributed by atoms with E-state index in [9.17, 15) is 0 Å². The van der Waals surface area contributed by atoms with E-state index in [2.05, 4.69) is 9.88 Å². The molecule has 0 radical (unpaired) electrons. The molecule has 0 saturated carbocycles. The molecule has 4 heteroatoms. The number of rotatable bonds is 3. The maximum atomic E-state index is 5.60. The molecule has 1 aromatic rings. The van der Waals surface area contributed by atoms with E-state index in [0.717, 1.165) is 24.5 Å². The number of ether oxygens (including phenoxy) is 1. The van der Waals surface area contributed by atoms with E-state index in [-0.39, 0.29) is 0 Å². The van der Waals surface area contributed by atoms with Gasteiger partial charge in [-0.15, -0.1) is 0 Å². The van der Waals surface area contributed by atoms with Crippen LogP contribution in [0.2, 0.25) is 0 Å². The van der Waals surface area contributed by atoms with Crippen molar-refractivity contribution in [3.63, 3.8) is 0 Å². The van der Waals surface area contributed by atoms with Gasteiger partial charge in [-0.2, -0.15) is 4.98 Å². The molecule has 4 nitrogen and oxygen atoms in total. The maximum absolute atomic E-state index is 5.60. The highest BCUT2D eigenvalue weighted by Gasteiger charge is 2.16. The van der Waals surface area contributed by atoms with Crippen LogP contribution in [0.4, 0.5) is 5.82 Å². The Morgan fingerprint density at radius 1 is 1.50 bits per heavy atom. The van der Waals surface area contributed by atoms with Crippen LogP contribution >= 0.6 is 0 Å². The van der Waals surface area contributed by atoms with Gasteiger partial charge in [0.2, 0.25) is 5.88 Å². The highest BCUT2D eigenvalue weighted by atomic mass is 16.5. The van der Waals surface area contributed by atoms with E-state index in [4.69, 9.17) is 10.5 Å². The molecular weight excluding hydrogens is 178 g/mol. The highest BCUT2D eigenvalue weighted by molar-refractivity contribution is 5.46. The molecule has 0 bridgehead atoms. The number of hydrogen-bond donors (Lipinski definition) is 1. The van der Waals surface area contributed by atoms with Gasteiger partial charge in [-0.1, -0.05) is 0 Å². The van der Waals surface area contributed by atoms with Gasteiger partial charge in [0.05, 0.1) is 7.11 Å². The molecule has 0 atom stereocenters. The van der Waals surface area contributed by atoms with Crippen molar-refractivity contribution >= 4 is 5.82 Å². The lowest BCUT2D eigenvalue weighted by molar-refractivity contribution is 0.396. The summed E-state index contributed by atoms with van der Waals surface area (Å²) in [5.41, 5.74) is 6.67. The first-order valence-electron chi connectivity index (χ1n) is 4.83. The number of aromatic nitrogens is 1. The molecule has 14 heavy (non-hydrogen) atoms. The molecule has 1 aliphatic rings. The van der Waals surface area contributed by atoms with Crippen LogP contribution in [0.25, 0.3) is 0 Å². The average molecular weight is 193 g/mol. The van der Waals surface area contributed by atoms with Gasteiger partial charge in [0.25, 0.3) is 0 Å². The van der Waals surface area contributed by atoms with Gasteiger partial charge in [0.15, 0.2) is 0 Å². The molecule has 1 fully saturated rings. The quantitative estimate of drug-likeness (QED) is 0.770. The lowest BCUT2D eigenvalue weighted by Crippen LogP contribution is -2.37. The largest absolute Gasteiger partial charge is 0.481 e. The van der Waals surface area contributed by atoms with E-state index in [1.54, 1.807) is 7.11 Å². The molecular formula is C10H15N3O. The fourth-order valence-electron chi connectivity index (χ4n) is 1.47. The topological polar surface area (TPSA) is 51.4 Å². The van der Waals surface area contributed by atoms with Crippen molar-refractivity contribution in [2.24, 2.45) is 5.73 Å². The third kappa shape index (κ3) is 1.65. The van der Waals surface area contributed by atoms with E-state index in [1.807, 2.05) is 12.1 Å². The van der Waals surface area contributed by atoms with E-state index in [1.165, 1.54) is 6.42 Å². The standard InChI is InChI=1S/C10H15N3O/c1-14-10-6-8(7-11)5-9(12-10)13-3-2-4-13/h5-6H,2-4,7,11H2,1H3. The zero-order valence-corrected chi connectivity index (χ0v) is 8.36. The predicted molar refractivity (Wildman–Crippen MR) is 55.5 cm³/mol. The number of anilines is 1. The SMILES string of the molecule is COc1cc(CN)cc(N2CCC2)n1. The molecule has 1 saturated heterocycles. The molecule has 0 amide bonds. The molecule has 2 N–H and O–H groups in total. The Balaban J connectivity index is 2.28. The number of nitrogens with two attached hydrogens (primary N) is 1. The van der Waals surface area contributed by atoms with E-state index < -0.39 is 0 Å². The smallest absolute Gasteiger partial charge is 0.215 e. The normalized spacial score (nSPS) is 15.1. The number of pyridine rings is 1. The second-order valence-corrected chi connectivity index (χ2v) is 3.42. The Bertz CT molecular complexity index is 301. The molecule has 76 valence electrons. The van der Waals surface area contributed by atoms with Crippen molar-refractivity contribution in [3.8, 4) is 5.88 Å². The summed E-state index contributed by atoms with van der Waals surface area (Å²) < 4.78 is 5.12. The van der Waals surface area contributed by atoms with Gasteiger partial charge < -0.3 is 15.4 Å². The molecule has 2 rings (SSSR count). The average Bonchev–Trinajstić information content (AvgIpc) is 2.14. The van der Waals surface area contributed by atoms with Gasteiger partial charge in [-0.3, -0.25) is 0 Å². The summed E-state index contributed by atoms with van der Waals surface area (Å²) in [7, 11) is 1.63. The Hall–Kier alpha value is -1.29. The molecule has 2 heterocycles. The molecule has 0 spiro atoms. The fraction of sp³-hybridized carbons (Fsp3) is 0.500. The Labute approximate surface area is 83.7 Å². The molecule has 0 unspecified atom stereocenters. The van der Waals surface area contributed by atoms with Crippen LogP contribution in [0.15, 0.2) is 12.1 Å². The van der Waals surface area contributed by atoms with Crippen molar-refractivity contribution < 1.29 is 4.74 Å². The molecule has 0 aliphatic carbocycles. The third-order valence-corrected chi connectivity index (χ3v) is 2.47. The van der Waals surface area contributed by atoms with Crippen molar-refractivity contribution in [3.05, 3.63) is 17.7 Å². The third-order valence-electron chi connectivity index (χ3n) is 2.47. The van der Waals surface area contributed by atoms with Crippen LogP contribution in [0.5, 0.6) is 5.88 Å². The Morgan fingerprint density at radius 2 is 2.29 bits per heavy atom. The van der Waals surface area contributed by atoms with Gasteiger partial charge in [0.1, 0.15) is 5.82 Å². The number of nitrogens with zero attached hydrogens (tertiary/aromatic N) is 2. The lowest BCUT2D eigenvalue weighted by Gasteiger charge is -2.32. The summed E-state index contributed by atoms with van der Waals surface area (Å²) in [6.07, 6.45) is 1.25. The van der Waals surface area contributed by atoms with Crippen LogP contribution < -0.4 is 15.4 Å². The monoisotopic (exact) mass is 193 g/mol. The fourth-order valence-corrected chi connectivity index (χ4v) is 1.47. The first kappa shape index (κ1) is 9.27. The predicted octanol–water partition coefficient (Wildman–Crippen LogP) is 0.759. The summed E-state index contributed by atoms with van der Waals surface area (Å²) in [6, 6.07) is 3.91. The summed E-state index contributed by atoms with van der Waals surface area (Å²) in [6.45, 7) is 2.70. The summed E-state index contributed by atoms with van der Waals surface area (Å²) in [5, 5.41) is 0. The van der Waals surface area contributed by atoms with Gasteiger partial charge >= 0.3 is 0 Å². The van der Waals surface area contributed by atoms with Crippen molar-refractivity contribution in [2.45, 2.75) is 13.0 Å². The lowest BCUT2D eigenvalue weighted by atomic mass is 10.2. The molecule has 0 aromatic carbocycles. The van der Waals surface area contributed by atoms with Crippen molar-refractivity contribution in [1.82, 2.24) is 4.98 Å². The zero-order chi connectivity index (χ0) is 9.97. The minimum Gasteiger partial charge on any atom is -0.481 e. The second kappa shape index (κ2) is 3.84. The maximum Gasteiger partial charge on any atom is 0.215 e. The molecule has 1 aromatic heterocycles. The summed E-state index contributed by atoms with van der Waals surface area (Å²) in [5.74, 6) is 1.63. The number of hydrogen-bond acceptors (Lipinski definition) is 4. The van der Waals surface area contributed by atoms with Crippen molar-refractivity contribution in [2.75, 3.05) is 25.1 Å². The van der Waals surface area contributed by atoms with Crippen LogP contribution in [0.1, 0.15) is 12.0 Å². The molecule has 1 aliphatic heterocycles. The minimum atomic E-state index is 0.528. The van der Waals surface area contributed by atoms with Gasteiger partial charge in [-0.05, 0) is 18.1 Å². The first-order chi connectivity index (χ1) is 6.83. The van der Waals surface area contributed by atoms with Crippen LogP contribution in [-0.4, -0.2) is 25.2 Å². The van der Waals surface area contributed by atoms with Gasteiger partial charge in [-0.25, -0.2) is 0 Å². The van der Waals surface area contributed by atoms with Crippen LogP contribution in [-0.2, 0) is 6.54 Å². The van der Waals surface area contributed by atoms with Crippen LogP contribution in [0.3, 0.4) is 0 Å². The zero-order valence-electron chi connectivity index (χ0n) is 8.36. The van der Waals surface area contributed by atoms with E-state index in [0.29, 0.717) is 12.4 Å². The highest BCUT2D eigenvalue weighted by Crippen LogP contribution is 2.22. The summed E-state index contributed by atoms with van der Waals surface area (Å²) >= 11 is 0. The van der Waals surface area contributed by atoms with E-state index >= 15 is 0 Å². The van der Waals surface area contributed by atoms with Crippen molar-refractivity contribution in [1.29, 1.82) is 0 Å². The number of methoxy groups -OCH3 is 1. The Kier molecular flexibility index (Phi) is 2.54. The first-order valence-corrected chi connectivity index (χ1v) is 4.83.